The topological polar surface area (TPSA) is 35.2 Å². The van der Waals surface area contributed by atoms with Gasteiger partial charge in [0.05, 0.1) is 18.7 Å². The van der Waals surface area contributed by atoms with E-state index in [1.54, 1.807) is 0 Å². The molecule has 1 atom stereocenters. The number of fused-ring (bicyclic) bond motifs is 1. The Kier molecular flexibility index (Phi) is 5.03. The quantitative estimate of drug-likeness (QED) is 0.859. The van der Waals surface area contributed by atoms with Crippen LogP contribution in [0.2, 0.25) is 0 Å². The second-order valence-electron chi connectivity index (χ2n) is 4.99. The molecule has 0 saturated heterocycles. The van der Waals surface area contributed by atoms with E-state index in [0.29, 0.717) is 19.1 Å². The van der Waals surface area contributed by atoms with Crippen LogP contribution in [0.1, 0.15) is 25.8 Å². The molecule has 0 fully saturated rings. The lowest BCUT2D eigenvalue weighted by Gasteiger charge is -2.14. The summed E-state index contributed by atoms with van der Waals surface area (Å²) < 4.78 is 5.95. The summed E-state index contributed by atoms with van der Waals surface area (Å²) in [7, 11) is 0. The number of hydrogen-bond donors (Lipinski definition) is 1. The lowest BCUT2D eigenvalue weighted by Crippen LogP contribution is -2.08. The molecule has 0 spiro atoms. The van der Waals surface area contributed by atoms with Crippen molar-refractivity contribution in [2.75, 3.05) is 13.2 Å². The van der Waals surface area contributed by atoms with Crippen molar-refractivity contribution in [3.8, 4) is 17.6 Å². The van der Waals surface area contributed by atoms with Gasteiger partial charge in [-0.25, -0.2) is 0 Å². The molecular formula is C18H21NO. The first kappa shape index (κ1) is 14.4. The maximum absolute atomic E-state index is 5.95. The minimum atomic E-state index is 0.355. The largest absolute Gasteiger partial charge is 0.492 e. The van der Waals surface area contributed by atoms with Gasteiger partial charge in [-0.05, 0) is 17.4 Å². The summed E-state index contributed by atoms with van der Waals surface area (Å²) in [5.41, 5.74) is 6.44. The highest BCUT2D eigenvalue weighted by Crippen LogP contribution is 2.27. The number of benzene rings is 2. The average molecular weight is 267 g/mol. The van der Waals surface area contributed by atoms with Gasteiger partial charge in [0.2, 0.25) is 0 Å². The second-order valence-corrected chi connectivity index (χ2v) is 4.99. The Morgan fingerprint density at radius 3 is 2.75 bits per heavy atom. The molecule has 0 heterocycles. The minimum Gasteiger partial charge on any atom is -0.492 e. The molecule has 0 amide bonds. The number of nitrogens with two attached hydrogens (primary N) is 1. The molecule has 0 saturated carbocycles. The van der Waals surface area contributed by atoms with E-state index < -0.39 is 0 Å². The molecule has 2 aromatic carbocycles. The van der Waals surface area contributed by atoms with E-state index in [4.69, 9.17) is 10.5 Å². The molecule has 0 aliphatic heterocycles. The van der Waals surface area contributed by atoms with Crippen molar-refractivity contribution in [1.29, 1.82) is 0 Å². The lowest BCUT2D eigenvalue weighted by molar-refractivity contribution is 0.256. The van der Waals surface area contributed by atoms with Gasteiger partial charge >= 0.3 is 0 Å². The highest BCUT2D eigenvalue weighted by atomic mass is 16.5. The number of rotatable bonds is 4. The van der Waals surface area contributed by atoms with Crippen LogP contribution in [0.3, 0.4) is 0 Å². The first-order valence-corrected chi connectivity index (χ1v) is 7.09. The fourth-order valence-corrected chi connectivity index (χ4v) is 1.99. The van der Waals surface area contributed by atoms with Gasteiger partial charge in [-0.15, -0.1) is 0 Å². The standard InChI is InChI=1S/C18H21NO/c1-3-14(2)13-20-18-11-10-15-7-4-5-8-16(15)17(18)9-6-12-19/h4-5,7-8,10-11,14H,3,12-13,19H2,1-2H3. The number of hydrogen-bond acceptors (Lipinski definition) is 2. The Labute approximate surface area is 120 Å². The van der Waals surface area contributed by atoms with E-state index in [2.05, 4.69) is 43.9 Å². The van der Waals surface area contributed by atoms with Crippen LogP contribution < -0.4 is 10.5 Å². The van der Waals surface area contributed by atoms with Crippen LogP contribution in [-0.2, 0) is 0 Å². The van der Waals surface area contributed by atoms with Gasteiger partial charge in [-0.1, -0.05) is 62.4 Å². The van der Waals surface area contributed by atoms with Crippen molar-refractivity contribution in [1.82, 2.24) is 0 Å². The molecule has 0 radical (unpaired) electrons. The molecule has 2 nitrogen and oxygen atoms in total. The zero-order valence-electron chi connectivity index (χ0n) is 12.1. The van der Waals surface area contributed by atoms with Gasteiger partial charge in [0.15, 0.2) is 0 Å². The third-order valence-electron chi connectivity index (χ3n) is 3.43. The van der Waals surface area contributed by atoms with Crippen LogP contribution >= 0.6 is 0 Å². The molecular weight excluding hydrogens is 246 g/mol. The van der Waals surface area contributed by atoms with Crippen LogP contribution in [0.5, 0.6) is 5.75 Å². The van der Waals surface area contributed by atoms with E-state index >= 15 is 0 Å². The van der Waals surface area contributed by atoms with Crippen molar-refractivity contribution in [2.45, 2.75) is 20.3 Å². The molecule has 20 heavy (non-hydrogen) atoms. The predicted molar refractivity (Wildman–Crippen MR) is 84.8 cm³/mol. The fraction of sp³-hybridized carbons (Fsp3) is 0.333. The summed E-state index contributed by atoms with van der Waals surface area (Å²) in [4.78, 5) is 0. The molecule has 2 aromatic rings. The molecule has 104 valence electrons. The Morgan fingerprint density at radius 2 is 2.00 bits per heavy atom. The van der Waals surface area contributed by atoms with Gasteiger partial charge in [-0.2, -0.15) is 0 Å². The zero-order valence-corrected chi connectivity index (χ0v) is 12.1. The molecule has 2 N–H and O–H groups in total. The van der Waals surface area contributed by atoms with E-state index in [1.165, 1.54) is 5.39 Å². The van der Waals surface area contributed by atoms with Gasteiger partial charge in [0, 0.05) is 5.39 Å². The molecule has 0 aliphatic rings. The summed E-state index contributed by atoms with van der Waals surface area (Å²) in [5.74, 6) is 7.48. The van der Waals surface area contributed by atoms with Crippen LogP contribution in [0.15, 0.2) is 36.4 Å². The summed E-state index contributed by atoms with van der Waals surface area (Å²) >= 11 is 0. The van der Waals surface area contributed by atoms with Gasteiger partial charge in [-0.3, -0.25) is 0 Å². The third kappa shape index (κ3) is 3.31. The Hall–Kier alpha value is -1.98. The van der Waals surface area contributed by atoms with E-state index in [1.807, 2.05) is 18.2 Å². The van der Waals surface area contributed by atoms with E-state index in [0.717, 1.165) is 23.1 Å². The SMILES string of the molecule is CCC(C)COc1ccc2ccccc2c1C#CCN. The highest BCUT2D eigenvalue weighted by Gasteiger charge is 2.08. The van der Waals surface area contributed by atoms with Crippen molar-refractivity contribution in [3.05, 3.63) is 42.0 Å². The van der Waals surface area contributed by atoms with E-state index in [9.17, 15) is 0 Å². The Balaban J connectivity index is 2.42. The predicted octanol–water partition coefficient (Wildman–Crippen LogP) is 3.57. The van der Waals surface area contributed by atoms with Crippen molar-refractivity contribution < 1.29 is 4.74 Å². The molecule has 2 heteroatoms. The van der Waals surface area contributed by atoms with Crippen molar-refractivity contribution in [2.24, 2.45) is 11.7 Å². The Morgan fingerprint density at radius 1 is 1.20 bits per heavy atom. The zero-order chi connectivity index (χ0) is 14.4. The molecule has 2 rings (SSSR count). The van der Waals surface area contributed by atoms with Crippen LogP contribution in [0, 0.1) is 17.8 Å². The Bertz CT molecular complexity index is 637. The maximum atomic E-state index is 5.95. The molecule has 1 unspecified atom stereocenters. The smallest absolute Gasteiger partial charge is 0.135 e. The lowest BCUT2D eigenvalue weighted by atomic mass is 10.0. The average Bonchev–Trinajstić information content (AvgIpc) is 2.50. The molecule has 0 bridgehead atoms. The van der Waals surface area contributed by atoms with Crippen molar-refractivity contribution >= 4 is 10.8 Å². The summed E-state index contributed by atoms with van der Waals surface area (Å²) in [6, 6.07) is 12.3. The first-order valence-electron chi connectivity index (χ1n) is 7.09. The fourth-order valence-electron chi connectivity index (χ4n) is 1.99. The first-order chi connectivity index (χ1) is 9.76. The molecule has 0 aromatic heterocycles. The summed E-state index contributed by atoms with van der Waals surface area (Å²) in [5, 5.41) is 2.29. The van der Waals surface area contributed by atoms with Crippen LogP contribution in [-0.4, -0.2) is 13.2 Å². The maximum Gasteiger partial charge on any atom is 0.135 e. The van der Waals surface area contributed by atoms with Crippen molar-refractivity contribution in [3.63, 3.8) is 0 Å². The summed E-state index contributed by atoms with van der Waals surface area (Å²) in [6.07, 6.45) is 1.11. The van der Waals surface area contributed by atoms with Crippen LogP contribution in [0.25, 0.3) is 10.8 Å². The van der Waals surface area contributed by atoms with Crippen LogP contribution in [0.4, 0.5) is 0 Å². The van der Waals surface area contributed by atoms with E-state index in [-0.39, 0.29) is 0 Å². The number of ether oxygens (including phenoxy) is 1. The third-order valence-corrected chi connectivity index (χ3v) is 3.43. The summed E-state index contributed by atoms with van der Waals surface area (Å²) in [6.45, 7) is 5.43. The second kappa shape index (κ2) is 6.98. The normalized spacial score (nSPS) is 11.8. The monoisotopic (exact) mass is 267 g/mol. The van der Waals surface area contributed by atoms with Gasteiger partial charge < -0.3 is 10.5 Å². The highest BCUT2D eigenvalue weighted by molar-refractivity contribution is 5.90. The van der Waals surface area contributed by atoms with Gasteiger partial charge in [0.25, 0.3) is 0 Å². The minimum absolute atomic E-state index is 0.355. The van der Waals surface area contributed by atoms with Gasteiger partial charge in [0.1, 0.15) is 5.75 Å². The molecule has 0 aliphatic carbocycles.